The first-order valence-electron chi connectivity index (χ1n) is 6.87. The first-order valence-corrected chi connectivity index (χ1v) is 6.87. The number of carbonyl (C=O) groups excluding carboxylic acids is 1. The summed E-state index contributed by atoms with van der Waals surface area (Å²) in [5.74, 6) is 0.124. The molecule has 1 unspecified atom stereocenters. The van der Waals surface area contributed by atoms with Crippen molar-refractivity contribution in [3.63, 3.8) is 0 Å². The summed E-state index contributed by atoms with van der Waals surface area (Å²) in [6.07, 6.45) is 2.66. The summed E-state index contributed by atoms with van der Waals surface area (Å²) in [5, 5.41) is 3.28. The molecule has 0 radical (unpaired) electrons. The molecule has 1 aliphatic heterocycles. The van der Waals surface area contributed by atoms with Gasteiger partial charge in [0.25, 0.3) is 0 Å². The van der Waals surface area contributed by atoms with E-state index in [2.05, 4.69) is 5.32 Å². The summed E-state index contributed by atoms with van der Waals surface area (Å²) in [6.45, 7) is 4.13. The van der Waals surface area contributed by atoms with Gasteiger partial charge >= 0.3 is 0 Å². The van der Waals surface area contributed by atoms with Gasteiger partial charge in [0.15, 0.2) is 17.3 Å². The lowest BCUT2D eigenvalue weighted by Crippen LogP contribution is -2.31. The summed E-state index contributed by atoms with van der Waals surface area (Å²) >= 11 is 0. The standard InChI is InChI=1S/C15H20FNO2/c1-2-19-15-6-5-12(9-13(15)16)14(18)8-11-4-3-7-17-10-11/h5-6,9,11,17H,2-4,7-8,10H2,1H3. The highest BCUT2D eigenvalue weighted by molar-refractivity contribution is 5.96. The van der Waals surface area contributed by atoms with Gasteiger partial charge in [-0.2, -0.15) is 0 Å². The van der Waals surface area contributed by atoms with Crippen molar-refractivity contribution in [1.82, 2.24) is 5.32 Å². The van der Waals surface area contributed by atoms with E-state index in [9.17, 15) is 9.18 Å². The van der Waals surface area contributed by atoms with E-state index in [1.165, 1.54) is 12.1 Å². The minimum absolute atomic E-state index is 0.00986. The van der Waals surface area contributed by atoms with E-state index in [1.54, 1.807) is 13.0 Å². The Morgan fingerprint density at radius 2 is 2.37 bits per heavy atom. The van der Waals surface area contributed by atoms with Gasteiger partial charge in [-0.15, -0.1) is 0 Å². The predicted octanol–water partition coefficient (Wildman–Crippen LogP) is 2.80. The van der Waals surface area contributed by atoms with Gasteiger partial charge in [0.1, 0.15) is 0 Å². The summed E-state index contributed by atoms with van der Waals surface area (Å²) in [7, 11) is 0. The van der Waals surface area contributed by atoms with Crippen molar-refractivity contribution in [3.8, 4) is 5.75 Å². The van der Waals surface area contributed by atoms with Crippen molar-refractivity contribution in [2.75, 3.05) is 19.7 Å². The summed E-state index contributed by atoms with van der Waals surface area (Å²) in [6, 6.07) is 4.46. The molecule has 1 fully saturated rings. The van der Waals surface area contributed by atoms with Crippen LogP contribution >= 0.6 is 0 Å². The monoisotopic (exact) mass is 265 g/mol. The van der Waals surface area contributed by atoms with Crippen LogP contribution in [0.2, 0.25) is 0 Å². The molecule has 1 aliphatic rings. The maximum Gasteiger partial charge on any atom is 0.165 e. The summed E-state index contributed by atoms with van der Waals surface area (Å²) < 4.78 is 18.8. The quantitative estimate of drug-likeness (QED) is 0.832. The zero-order valence-electron chi connectivity index (χ0n) is 11.2. The maximum atomic E-state index is 13.7. The van der Waals surface area contributed by atoms with E-state index < -0.39 is 5.82 Å². The molecule has 0 saturated carbocycles. The number of rotatable bonds is 5. The number of benzene rings is 1. The van der Waals surface area contributed by atoms with Crippen LogP contribution in [0.25, 0.3) is 0 Å². The molecule has 19 heavy (non-hydrogen) atoms. The highest BCUT2D eigenvalue weighted by atomic mass is 19.1. The largest absolute Gasteiger partial charge is 0.491 e. The fraction of sp³-hybridized carbons (Fsp3) is 0.533. The van der Waals surface area contributed by atoms with Gasteiger partial charge in [-0.25, -0.2) is 4.39 Å². The predicted molar refractivity (Wildman–Crippen MR) is 72.1 cm³/mol. The van der Waals surface area contributed by atoms with Crippen molar-refractivity contribution in [1.29, 1.82) is 0 Å². The molecule has 1 N–H and O–H groups in total. The fourth-order valence-corrected chi connectivity index (χ4v) is 2.43. The van der Waals surface area contributed by atoms with Crippen molar-refractivity contribution in [2.45, 2.75) is 26.2 Å². The van der Waals surface area contributed by atoms with Gasteiger partial charge in [-0.1, -0.05) is 0 Å². The van der Waals surface area contributed by atoms with Crippen LogP contribution < -0.4 is 10.1 Å². The molecule has 1 aromatic carbocycles. The maximum absolute atomic E-state index is 13.7. The Balaban J connectivity index is 2.00. The van der Waals surface area contributed by atoms with Crippen LogP contribution in [-0.2, 0) is 0 Å². The Kier molecular flexibility index (Phi) is 4.91. The fourth-order valence-electron chi connectivity index (χ4n) is 2.43. The van der Waals surface area contributed by atoms with Crippen LogP contribution in [0.3, 0.4) is 0 Å². The third-order valence-corrected chi connectivity index (χ3v) is 3.43. The molecule has 1 aromatic rings. The van der Waals surface area contributed by atoms with Gasteiger partial charge in [-0.05, 0) is 57.0 Å². The lowest BCUT2D eigenvalue weighted by atomic mass is 9.92. The summed E-state index contributed by atoms with van der Waals surface area (Å²) in [4.78, 5) is 12.1. The molecule has 104 valence electrons. The van der Waals surface area contributed by atoms with Gasteiger partial charge in [0.2, 0.25) is 0 Å². The van der Waals surface area contributed by atoms with E-state index in [-0.39, 0.29) is 11.5 Å². The number of nitrogens with one attached hydrogen (secondary N) is 1. The van der Waals surface area contributed by atoms with E-state index in [0.29, 0.717) is 24.5 Å². The molecule has 0 bridgehead atoms. The number of hydrogen-bond acceptors (Lipinski definition) is 3. The first-order chi connectivity index (χ1) is 9.20. The second-order valence-corrected chi connectivity index (χ2v) is 4.92. The van der Waals surface area contributed by atoms with E-state index >= 15 is 0 Å². The Morgan fingerprint density at radius 1 is 1.53 bits per heavy atom. The smallest absolute Gasteiger partial charge is 0.165 e. The SMILES string of the molecule is CCOc1ccc(C(=O)CC2CCCNC2)cc1F. The topological polar surface area (TPSA) is 38.3 Å². The third-order valence-electron chi connectivity index (χ3n) is 3.43. The normalized spacial score (nSPS) is 19.2. The van der Waals surface area contributed by atoms with Crippen LogP contribution in [0.5, 0.6) is 5.75 Å². The number of Topliss-reactive ketones (excluding diaryl/α,β-unsaturated/α-hetero) is 1. The molecular formula is C15H20FNO2. The number of halogens is 1. The van der Waals surface area contributed by atoms with Crippen LogP contribution in [0, 0.1) is 11.7 Å². The molecular weight excluding hydrogens is 245 g/mol. The lowest BCUT2D eigenvalue weighted by Gasteiger charge is -2.21. The molecule has 0 spiro atoms. The van der Waals surface area contributed by atoms with Crippen LogP contribution in [0.1, 0.15) is 36.5 Å². The Hall–Kier alpha value is -1.42. The average molecular weight is 265 g/mol. The number of ether oxygens (including phenoxy) is 1. The molecule has 0 aromatic heterocycles. The molecule has 0 aliphatic carbocycles. The van der Waals surface area contributed by atoms with Crippen LogP contribution in [0.4, 0.5) is 4.39 Å². The van der Waals surface area contributed by atoms with E-state index in [0.717, 1.165) is 25.9 Å². The van der Waals surface area contributed by atoms with Crippen molar-refractivity contribution in [2.24, 2.45) is 5.92 Å². The molecule has 4 heteroatoms. The second kappa shape index (κ2) is 6.66. The number of carbonyl (C=O) groups is 1. The second-order valence-electron chi connectivity index (χ2n) is 4.92. The van der Waals surface area contributed by atoms with Crippen LogP contribution in [-0.4, -0.2) is 25.5 Å². The minimum atomic E-state index is -0.463. The number of ketones is 1. The lowest BCUT2D eigenvalue weighted by molar-refractivity contribution is 0.0953. The Morgan fingerprint density at radius 3 is 3.00 bits per heavy atom. The van der Waals surface area contributed by atoms with E-state index in [4.69, 9.17) is 4.74 Å². The zero-order valence-corrected chi connectivity index (χ0v) is 11.2. The van der Waals surface area contributed by atoms with Crippen molar-refractivity contribution >= 4 is 5.78 Å². The minimum Gasteiger partial charge on any atom is -0.491 e. The Bertz CT molecular complexity index is 442. The molecule has 3 nitrogen and oxygen atoms in total. The van der Waals surface area contributed by atoms with Gasteiger partial charge < -0.3 is 10.1 Å². The zero-order chi connectivity index (χ0) is 13.7. The van der Waals surface area contributed by atoms with E-state index in [1.807, 2.05) is 0 Å². The highest BCUT2D eigenvalue weighted by Crippen LogP contribution is 2.22. The molecule has 1 heterocycles. The number of hydrogen-bond donors (Lipinski definition) is 1. The average Bonchev–Trinajstić information content (AvgIpc) is 2.42. The molecule has 2 rings (SSSR count). The van der Waals surface area contributed by atoms with Crippen molar-refractivity contribution < 1.29 is 13.9 Å². The molecule has 1 atom stereocenters. The molecule has 0 amide bonds. The number of piperidine rings is 1. The van der Waals surface area contributed by atoms with Crippen LogP contribution in [0.15, 0.2) is 18.2 Å². The third kappa shape index (κ3) is 3.77. The summed E-state index contributed by atoms with van der Waals surface area (Å²) in [5.41, 5.74) is 0.437. The molecule has 1 saturated heterocycles. The van der Waals surface area contributed by atoms with Crippen molar-refractivity contribution in [3.05, 3.63) is 29.6 Å². The van der Waals surface area contributed by atoms with Gasteiger partial charge in [-0.3, -0.25) is 4.79 Å². The Labute approximate surface area is 113 Å². The highest BCUT2D eigenvalue weighted by Gasteiger charge is 2.18. The van der Waals surface area contributed by atoms with Gasteiger partial charge in [0.05, 0.1) is 6.61 Å². The first kappa shape index (κ1) is 14.0. The van der Waals surface area contributed by atoms with Gasteiger partial charge in [0, 0.05) is 12.0 Å².